The summed E-state index contributed by atoms with van der Waals surface area (Å²) in [5, 5.41) is 21.8. The summed E-state index contributed by atoms with van der Waals surface area (Å²) < 4.78 is 0. The molecule has 4 rings (SSSR count). The van der Waals surface area contributed by atoms with E-state index in [4.69, 9.17) is 0 Å². The van der Waals surface area contributed by atoms with Gasteiger partial charge in [-0.05, 0) is 68.0 Å². The Hall–Kier alpha value is -1.99. The number of nitrogens with one attached hydrogen (secondary N) is 1. The quantitative estimate of drug-likeness (QED) is 0.678. The minimum Gasteiger partial charge on any atom is -0.389 e. The summed E-state index contributed by atoms with van der Waals surface area (Å²) in [4.78, 5) is 16.8. The van der Waals surface area contributed by atoms with Gasteiger partial charge in [0.25, 0.3) is 5.91 Å². The van der Waals surface area contributed by atoms with Crippen molar-refractivity contribution < 1.29 is 15.0 Å². The van der Waals surface area contributed by atoms with Gasteiger partial charge >= 0.3 is 0 Å². The van der Waals surface area contributed by atoms with Crippen molar-refractivity contribution >= 4 is 22.8 Å². The first-order valence-electron chi connectivity index (χ1n) is 10.2. The van der Waals surface area contributed by atoms with Crippen molar-refractivity contribution in [3.05, 3.63) is 62.3 Å². The zero-order valence-corrected chi connectivity index (χ0v) is 17.8. The van der Waals surface area contributed by atoms with E-state index in [1.165, 1.54) is 45.4 Å². The number of amides is 1. The van der Waals surface area contributed by atoms with Crippen LogP contribution in [0.5, 0.6) is 0 Å². The minimum atomic E-state index is -1.27. The number of thiophene rings is 1. The van der Waals surface area contributed by atoms with Crippen molar-refractivity contribution in [3.63, 3.8) is 0 Å². The number of aliphatic hydroxyl groups is 2. The van der Waals surface area contributed by atoms with Gasteiger partial charge in [-0.1, -0.05) is 29.8 Å². The fraction of sp³-hybridized carbons (Fsp3) is 0.435. The molecule has 1 aromatic carbocycles. The van der Waals surface area contributed by atoms with Crippen molar-refractivity contribution in [2.24, 2.45) is 0 Å². The third kappa shape index (κ3) is 4.16. The molecule has 2 aromatic rings. The lowest BCUT2D eigenvalue weighted by Gasteiger charge is -2.27. The molecule has 5 nitrogen and oxygen atoms in total. The molecule has 2 unspecified atom stereocenters. The molecule has 0 bridgehead atoms. The maximum atomic E-state index is 12.6. The summed E-state index contributed by atoms with van der Waals surface area (Å²) in [6.45, 7) is 3.55. The Morgan fingerprint density at radius 3 is 2.55 bits per heavy atom. The normalized spacial score (nSPS) is 19.2. The van der Waals surface area contributed by atoms with Gasteiger partial charge in [-0.15, -0.1) is 11.3 Å². The van der Waals surface area contributed by atoms with Gasteiger partial charge in [-0.25, -0.2) is 0 Å². The van der Waals surface area contributed by atoms with E-state index in [1.807, 2.05) is 6.07 Å². The van der Waals surface area contributed by atoms with Gasteiger partial charge in [0.1, 0.15) is 0 Å². The zero-order chi connectivity index (χ0) is 20.5. The van der Waals surface area contributed by atoms with Crippen molar-refractivity contribution in [1.82, 2.24) is 10.2 Å². The number of carbonyl (C=O) groups is 1. The number of hydrogen-bond acceptors (Lipinski definition) is 5. The van der Waals surface area contributed by atoms with Crippen LogP contribution in [0.2, 0.25) is 0 Å². The van der Waals surface area contributed by atoms with E-state index in [9.17, 15) is 15.0 Å². The van der Waals surface area contributed by atoms with Crippen LogP contribution in [0.4, 0.5) is 0 Å². The molecule has 154 valence electrons. The van der Waals surface area contributed by atoms with Gasteiger partial charge in [-0.3, -0.25) is 4.79 Å². The molecular formula is C23H28N2O3S. The van der Waals surface area contributed by atoms with Crippen LogP contribution in [0.15, 0.2) is 35.9 Å². The van der Waals surface area contributed by atoms with E-state index in [1.54, 1.807) is 0 Å². The number of fused-ring (bicyclic) bond motifs is 2. The molecule has 29 heavy (non-hydrogen) atoms. The molecular weight excluding hydrogens is 384 g/mol. The number of benzene rings is 1. The first kappa shape index (κ1) is 20.3. The fourth-order valence-corrected chi connectivity index (χ4v) is 5.23. The first-order chi connectivity index (χ1) is 13.9. The molecule has 1 aliphatic heterocycles. The third-order valence-corrected chi connectivity index (χ3v) is 7.08. The number of likely N-dealkylation sites (tertiary alicyclic amines) is 1. The maximum Gasteiger partial charge on any atom is 0.263 e. The highest BCUT2D eigenvalue weighted by Gasteiger charge is 2.27. The van der Waals surface area contributed by atoms with Crippen molar-refractivity contribution in [2.75, 3.05) is 20.1 Å². The van der Waals surface area contributed by atoms with E-state index in [2.05, 4.69) is 41.5 Å². The Kier molecular flexibility index (Phi) is 5.88. The number of hydrogen-bond donors (Lipinski definition) is 3. The monoisotopic (exact) mass is 412 g/mol. The van der Waals surface area contributed by atoms with E-state index in [-0.39, 0.29) is 5.91 Å². The van der Waals surface area contributed by atoms with Gasteiger partial charge in [0.2, 0.25) is 0 Å². The molecule has 3 N–H and O–H groups in total. The highest BCUT2D eigenvalue weighted by Crippen LogP contribution is 2.41. The Morgan fingerprint density at radius 1 is 1.10 bits per heavy atom. The van der Waals surface area contributed by atoms with Crippen LogP contribution < -0.4 is 5.32 Å². The summed E-state index contributed by atoms with van der Waals surface area (Å²) in [6.07, 6.45) is 1.66. The van der Waals surface area contributed by atoms with Gasteiger partial charge in [-0.2, -0.15) is 0 Å². The van der Waals surface area contributed by atoms with Crippen LogP contribution in [-0.4, -0.2) is 53.5 Å². The average Bonchev–Trinajstić information content (AvgIpc) is 3.06. The average molecular weight is 413 g/mol. The lowest BCUT2D eigenvalue weighted by atomic mass is 9.87. The molecule has 6 heteroatoms. The second-order valence-corrected chi connectivity index (χ2v) is 9.18. The molecule has 0 spiro atoms. The van der Waals surface area contributed by atoms with Crippen LogP contribution in [0, 0.1) is 0 Å². The molecule has 2 heterocycles. The van der Waals surface area contributed by atoms with Gasteiger partial charge in [0.05, 0.1) is 11.0 Å². The predicted molar refractivity (Wildman–Crippen MR) is 116 cm³/mol. The number of carbonyl (C=O) groups excluding carboxylic acids is 1. The SMILES string of the molecule is CC(O)C(O)NC(=O)c1cc2c(s1)CCc1ccccc1C2=C1CCN(C)CC1. The first-order valence-corrected chi connectivity index (χ1v) is 11.0. The summed E-state index contributed by atoms with van der Waals surface area (Å²) >= 11 is 1.50. The number of rotatable bonds is 3. The summed E-state index contributed by atoms with van der Waals surface area (Å²) in [5.41, 5.74) is 6.59. The number of aliphatic hydroxyl groups excluding tert-OH is 2. The lowest BCUT2D eigenvalue weighted by molar-refractivity contribution is 0.0104. The Bertz CT molecular complexity index is 937. The van der Waals surface area contributed by atoms with Gasteiger partial charge < -0.3 is 20.4 Å². The second kappa shape index (κ2) is 8.40. The second-order valence-electron chi connectivity index (χ2n) is 8.05. The maximum absolute atomic E-state index is 12.6. The van der Waals surface area contributed by atoms with E-state index >= 15 is 0 Å². The van der Waals surface area contributed by atoms with Crippen molar-refractivity contribution in [2.45, 2.75) is 44.9 Å². The Balaban J connectivity index is 1.77. The molecule has 2 atom stereocenters. The largest absolute Gasteiger partial charge is 0.389 e. The predicted octanol–water partition coefficient (Wildman–Crippen LogP) is 2.80. The van der Waals surface area contributed by atoms with Crippen LogP contribution in [-0.2, 0) is 12.8 Å². The number of aryl methyl sites for hydroxylation is 2. The van der Waals surface area contributed by atoms with Crippen LogP contribution >= 0.6 is 11.3 Å². The molecule has 1 amide bonds. The van der Waals surface area contributed by atoms with Gasteiger partial charge in [0, 0.05) is 18.0 Å². The van der Waals surface area contributed by atoms with Crippen LogP contribution in [0.3, 0.4) is 0 Å². The number of piperidine rings is 1. The van der Waals surface area contributed by atoms with Crippen molar-refractivity contribution in [3.8, 4) is 0 Å². The van der Waals surface area contributed by atoms with Crippen LogP contribution in [0.25, 0.3) is 5.57 Å². The Morgan fingerprint density at radius 2 is 1.83 bits per heavy atom. The van der Waals surface area contributed by atoms with E-state index in [0.29, 0.717) is 4.88 Å². The zero-order valence-electron chi connectivity index (χ0n) is 16.9. The lowest BCUT2D eigenvalue weighted by Crippen LogP contribution is -2.41. The molecule has 1 aliphatic carbocycles. The van der Waals surface area contributed by atoms with E-state index < -0.39 is 12.3 Å². The Labute approximate surface area is 175 Å². The topological polar surface area (TPSA) is 72.8 Å². The smallest absolute Gasteiger partial charge is 0.263 e. The van der Waals surface area contributed by atoms with Crippen LogP contribution in [0.1, 0.15) is 51.0 Å². The standard InChI is InChI=1S/C23H28N2O3S/c1-14(26)22(27)24-23(28)20-13-18-19(29-20)8-7-15-5-3-4-6-17(15)21(18)16-9-11-25(2)12-10-16/h3-6,13-14,22,26-27H,7-12H2,1-2H3,(H,24,28). The molecule has 1 aromatic heterocycles. The summed E-state index contributed by atoms with van der Waals surface area (Å²) in [5.74, 6) is -0.336. The highest BCUT2D eigenvalue weighted by molar-refractivity contribution is 7.14. The minimum absolute atomic E-state index is 0.336. The highest BCUT2D eigenvalue weighted by atomic mass is 32.1. The summed E-state index contributed by atoms with van der Waals surface area (Å²) in [7, 11) is 2.16. The van der Waals surface area contributed by atoms with Crippen molar-refractivity contribution in [1.29, 1.82) is 0 Å². The molecule has 1 saturated heterocycles. The van der Waals surface area contributed by atoms with Gasteiger partial charge in [0.15, 0.2) is 6.23 Å². The van der Waals surface area contributed by atoms with E-state index in [0.717, 1.165) is 44.3 Å². The summed E-state index contributed by atoms with van der Waals surface area (Å²) in [6, 6.07) is 10.6. The molecule has 0 saturated carbocycles. The number of nitrogens with zero attached hydrogens (tertiary/aromatic N) is 1. The fourth-order valence-electron chi connectivity index (χ4n) is 4.16. The molecule has 2 aliphatic rings. The molecule has 0 radical (unpaired) electrons. The third-order valence-electron chi connectivity index (χ3n) is 5.89. The molecule has 1 fully saturated rings.